The molecule has 7 atom stereocenters. The molecule has 4 aliphatic carbocycles. The third-order valence-electron chi connectivity index (χ3n) is 8.30. The fourth-order valence-electron chi connectivity index (χ4n) is 6.99. The van der Waals surface area contributed by atoms with Gasteiger partial charge in [-0.15, -0.1) is 0 Å². The minimum Gasteiger partial charge on any atom is -0.462 e. The largest absolute Gasteiger partial charge is 0.462 e. The Balaban J connectivity index is 1.62. The average molecular weight is 332 g/mol. The Bertz CT molecular complexity index is 567. The second kappa shape index (κ2) is 5.59. The van der Waals surface area contributed by atoms with Crippen LogP contribution in [0.2, 0.25) is 0 Å². The fraction of sp³-hybridized carbons (Fsp3) is 0.857. The molecule has 0 amide bonds. The van der Waals surface area contributed by atoms with Gasteiger partial charge in [0, 0.05) is 12.3 Å². The van der Waals surface area contributed by atoms with Crippen LogP contribution in [0.3, 0.4) is 0 Å². The van der Waals surface area contributed by atoms with E-state index in [9.17, 15) is 9.90 Å². The predicted molar refractivity (Wildman–Crippen MR) is 93.3 cm³/mol. The Labute approximate surface area is 145 Å². The van der Waals surface area contributed by atoms with Crippen molar-refractivity contribution in [2.75, 3.05) is 0 Å². The second-order valence-electron chi connectivity index (χ2n) is 9.38. The minimum absolute atomic E-state index is 0.118. The molecule has 0 aromatic rings. The number of fused-ring (bicyclic) bond motifs is 5. The van der Waals surface area contributed by atoms with E-state index in [0.29, 0.717) is 11.3 Å². The van der Waals surface area contributed by atoms with Gasteiger partial charge in [-0.1, -0.05) is 25.5 Å². The fourth-order valence-corrected chi connectivity index (χ4v) is 6.99. The highest BCUT2D eigenvalue weighted by Gasteiger charge is 2.59. The third kappa shape index (κ3) is 2.30. The quantitative estimate of drug-likeness (QED) is 0.577. The molecular formula is C21H32O3. The van der Waals surface area contributed by atoms with Gasteiger partial charge in [-0.25, -0.2) is 0 Å². The Kier molecular flexibility index (Phi) is 3.87. The van der Waals surface area contributed by atoms with Crippen molar-refractivity contribution >= 4 is 5.97 Å². The first-order chi connectivity index (χ1) is 11.3. The number of aliphatic hydroxyl groups excluding tert-OH is 1. The van der Waals surface area contributed by atoms with E-state index in [1.54, 1.807) is 6.92 Å². The van der Waals surface area contributed by atoms with Crippen molar-refractivity contribution in [3.63, 3.8) is 0 Å². The van der Waals surface area contributed by atoms with Crippen molar-refractivity contribution in [1.29, 1.82) is 0 Å². The SMILES string of the molecule is CC(=O)O[C@H]1CC[C@H]2[C@@H]3CC=C4C[C@H](O)CC[C@]4(C)[C@H]3CC[C@]12C. The second-order valence-corrected chi connectivity index (χ2v) is 9.38. The molecule has 0 radical (unpaired) electrons. The van der Waals surface area contributed by atoms with Crippen molar-refractivity contribution in [2.24, 2.45) is 28.6 Å². The molecule has 134 valence electrons. The highest BCUT2D eigenvalue weighted by atomic mass is 16.5. The lowest BCUT2D eigenvalue weighted by atomic mass is 9.48. The highest BCUT2D eigenvalue weighted by Crippen LogP contribution is 2.65. The number of carbonyl (C=O) groups excluding carboxylic acids is 1. The monoisotopic (exact) mass is 332 g/mol. The maximum absolute atomic E-state index is 11.5. The molecule has 3 heteroatoms. The number of aliphatic hydroxyl groups is 1. The molecule has 24 heavy (non-hydrogen) atoms. The maximum Gasteiger partial charge on any atom is 0.302 e. The lowest BCUT2D eigenvalue weighted by Gasteiger charge is -2.57. The summed E-state index contributed by atoms with van der Waals surface area (Å²) >= 11 is 0. The van der Waals surface area contributed by atoms with Gasteiger partial charge in [-0.3, -0.25) is 4.79 Å². The summed E-state index contributed by atoms with van der Waals surface area (Å²) in [6, 6.07) is 0. The van der Waals surface area contributed by atoms with Gasteiger partial charge in [-0.05, 0) is 74.5 Å². The maximum atomic E-state index is 11.5. The van der Waals surface area contributed by atoms with Crippen LogP contribution in [0.1, 0.15) is 72.1 Å². The third-order valence-corrected chi connectivity index (χ3v) is 8.30. The molecule has 0 heterocycles. The molecule has 3 saturated carbocycles. The normalized spacial score (nSPS) is 50.3. The lowest BCUT2D eigenvalue weighted by molar-refractivity contribution is -0.156. The van der Waals surface area contributed by atoms with Gasteiger partial charge in [0.2, 0.25) is 0 Å². The topological polar surface area (TPSA) is 46.5 Å². The molecule has 3 nitrogen and oxygen atoms in total. The van der Waals surface area contributed by atoms with E-state index in [4.69, 9.17) is 4.74 Å². The van der Waals surface area contributed by atoms with E-state index >= 15 is 0 Å². The van der Waals surface area contributed by atoms with Gasteiger partial charge in [0.15, 0.2) is 0 Å². The molecule has 0 aromatic carbocycles. The van der Waals surface area contributed by atoms with E-state index in [1.165, 1.54) is 24.8 Å². The van der Waals surface area contributed by atoms with Gasteiger partial charge in [0.25, 0.3) is 0 Å². The van der Waals surface area contributed by atoms with Crippen molar-refractivity contribution < 1.29 is 14.6 Å². The number of ether oxygens (including phenoxy) is 1. The summed E-state index contributed by atoms with van der Waals surface area (Å²) in [6.45, 7) is 6.38. The molecule has 4 aliphatic rings. The molecule has 3 fully saturated rings. The van der Waals surface area contributed by atoms with Gasteiger partial charge in [0.05, 0.1) is 6.10 Å². The molecule has 0 unspecified atom stereocenters. The van der Waals surface area contributed by atoms with Gasteiger partial charge < -0.3 is 9.84 Å². The van der Waals surface area contributed by atoms with Crippen molar-refractivity contribution in [1.82, 2.24) is 0 Å². The van der Waals surface area contributed by atoms with E-state index < -0.39 is 0 Å². The zero-order valence-electron chi connectivity index (χ0n) is 15.4. The number of carbonyl (C=O) groups is 1. The zero-order chi connectivity index (χ0) is 17.1. The average Bonchev–Trinajstić information content (AvgIpc) is 2.84. The van der Waals surface area contributed by atoms with Crippen LogP contribution < -0.4 is 0 Å². The van der Waals surface area contributed by atoms with Crippen LogP contribution >= 0.6 is 0 Å². The van der Waals surface area contributed by atoms with E-state index in [0.717, 1.165) is 43.9 Å². The lowest BCUT2D eigenvalue weighted by Crippen LogP contribution is -2.51. The summed E-state index contributed by atoms with van der Waals surface area (Å²) in [6.07, 6.45) is 11.3. The summed E-state index contributed by atoms with van der Waals surface area (Å²) in [4.78, 5) is 11.5. The van der Waals surface area contributed by atoms with Crippen LogP contribution in [0.5, 0.6) is 0 Å². The first-order valence-corrected chi connectivity index (χ1v) is 9.89. The van der Waals surface area contributed by atoms with Gasteiger partial charge >= 0.3 is 5.97 Å². The van der Waals surface area contributed by atoms with Crippen LogP contribution in [-0.2, 0) is 9.53 Å². The van der Waals surface area contributed by atoms with E-state index in [1.807, 2.05) is 0 Å². The number of esters is 1. The standard InChI is InChI=1S/C21H32O3/c1-13(22)24-19-7-6-17-16-5-4-14-12-15(23)8-10-20(14,2)18(16)9-11-21(17,19)3/h4,15-19,23H,5-12H2,1-3H3/t15-,16+,17+,18+,19+,20+,21+/m1/s1. The van der Waals surface area contributed by atoms with Crippen molar-refractivity contribution in [3.8, 4) is 0 Å². The first kappa shape index (κ1) is 16.6. The van der Waals surface area contributed by atoms with E-state index in [-0.39, 0.29) is 23.6 Å². The van der Waals surface area contributed by atoms with Crippen LogP contribution in [0, 0.1) is 28.6 Å². The summed E-state index contributed by atoms with van der Waals surface area (Å²) < 4.78 is 5.72. The van der Waals surface area contributed by atoms with Crippen molar-refractivity contribution in [3.05, 3.63) is 11.6 Å². The summed E-state index contributed by atoms with van der Waals surface area (Å²) in [5.41, 5.74) is 1.99. The van der Waals surface area contributed by atoms with Crippen molar-refractivity contribution in [2.45, 2.75) is 84.3 Å². The predicted octanol–water partition coefficient (Wildman–Crippen LogP) is 4.24. The van der Waals surface area contributed by atoms with Crippen LogP contribution in [0.4, 0.5) is 0 Å². The van der Waals surface area contributed by atoms with Gasteiger partial charge in [0.1, 0.15) is 6.10 Å². The number of rotatable bonds is 1. The van der Waals surface area contributed by atoms with Crippen LogP contribution in [-0.4, -0.2) is 23.3 Å². The molecule has 0 spiro atoms. The van der Waals surface area contributed by atoms with Crippen LogP contribution in [0.15, 0.2) is 11.6 Å². The van der Waals surface area contributed by atoms with E-state index in [2.05, 4.69) is 19.9 Å². The molecule has 4 rings (SSSR count). The zero-order valence-corrected chi connectivity index (χ0v) is 15.4. The Hall–Kier alpha value is -0.830. The molecular weight excluding hydrogens is 300 g/mol. The Morgan fingerprint density at radius 3 is 2.71 bits per heavy atom. The summed E-state index contributed by atoms with van der Waals surface area (Å²) in [7, 11) is 0. The van der Waals surface area contributed by atoms with Gasteiger partial charge in [-0.2, -0.15) is 0 Å². The Morgan fingerprint density at radius 1 is 1.17 bits per heavy atom. The molecule has 0 aliphatic heterocycles. The van der Waals surface area contributed by atoms with Crippen LogP contribution in [0.25, 0.3) is 0 Å². The first-order valence-electron chi connectivity index (χ1n) is 9.89. The molecule has 0 bridgehead atoms. The molecule has 0 aromatic heterocycles. The smallest absolute Gasteiger partial charge is 0.302 e. The molecule has 0 saturated heterocycles. The Morgan fingerprint density at radius 2 is 1.96 bits per heavy atom. The summed E-state index contributed by atoms with van der Waals surface area (Å²) in [5, 5.41) is 10.1. The molecule has 1 N–H and O–H groups in total. The highest BCUT2D eigenvalue weighted by molar-refractivity contribution is 5.66. The number of hydrogen-bond donors (Lipinski definition) is 1. The minimum atomic E-state index is -0.130. The summed E-state index contributed by atoms with van der Waals surface area (Å²) in [5.74, 6) is 2.04. The number of allylic oxidation sites excluding steroid dienone is 1. The number of hydrogen-bond acceptors (Lipinski definition) is 3.